The molecule has 2 aliphatic carbocycles. The fourth-order valence-corrected chi connectivity index (χ4v) is 7.69. The van der Waals surface area contributed by atoms with Crippen LogP contribution in [0.4, 0.5) is 0 Å². The third kappa shape index (κ3) is 5.18. The normalized spacial score (nSPS) is 35.6. The highest BCUT2D eigenvalue weighted by Crippen LogP contribution is 2.60. The van der Waals surface area contributed by atoms with Crippen molar-refractivity contribution in [2.75, 3.05) is 6.61 Å². The van der Waals surface area contributed by atoms with Crippen molar-refractivity contribution in [2.24, 2.45) is 22.7 Å². The van der Waals surface area contributed by atoms with Crippen molar-refractivity contribution in [2.45, 2.75) is 110 Å². The number of benzene rings is 1. The van der Waals surface area contributed by atoms with Gasteiger partial charge >= 0.3 is 5.97 Å². The molecule has 0 aromatic heterocycles. The Kier molecular flexibility index (Phi) is 8.71. The molecule has 3 aliphatic rings. The number of carbonyl (C=O) groups is 2. The number of carbonyl (C=O) groups excluding carboxylic acids is 2. The Balaban J connectivity index is 1.70. The first-order valence-electron chi connectivity index (χ1n) is 14.5. The summed E-state index contributed by atoms with van der Waals surface area (Å²) in [6, 6.07) is 9.12. The molecule has 8 heteroatoms. The predicted molar refractivity (Wildman–Crippen MR) is 149 cm³/mol. The van der Waals surface area contributed by atoms with Gasteiger partial charge in [0.2, 0.25) is 0 Å². The van der Waals surface area contributed by atoms with Crippen molar-refractivity contribution in [3.8, 4) is 0 Å². The predicted octanol–water partition coefficient (Wildman–Crippen LogP) is 3.13. The van der Waals surface area contributed by atoms with E-state index in [-0.39, 0.29) is 42.5 Å². The Bertz CT molecular complexity index is 1130. The number of fused-ring (bicyclic) bond motifs is 1. The Hall–Kier alpha value is -2.10. The molecular formula is C32H46O8. The van der Waals surface area contributed by atoms with E-state index in [1.165, 1.54) is 0 Å². The van der Waals surface area contributed by atoms with Crippen LogP contribution in [0.3, 0.4) is 0 Å². The number of ketones is 1. The van der Waals surface area contributed by atoms with E-state index in [1.54, 1.807) is 13.8 Å². The second-order valence-corrected chi connectivity index (χ2v) is 13.0. The summed E-state index contributed by atoms with van der Waals surface area (Å²) in [7, 11) is 0. The van der Waals surface area contributed by atoms with Gasteiger partial charge in [-0.2, -0.15) is 0 Å². The van der Waals surface area contributed by atoms with Crippen LogP contribution in [0.1, 0.15) is 72.8 Å². The average molecular weight is 559 g/mol. The summed E-state index contributed by atoms with van der Waals surface area (Å²) in [5.41, 5.74) is -1.19. The van der Waals surface area contributed by atoms with Crippen LogP contribution in [0.5, 0.6) is 0 Å². The molecule has 8 nitrogen and oxygen atoms in total. The molecule has 4 N–H and O–H groups in total. The van der Waals surface area contributed by atoms with Crippen molar-refractivity contribution >= 4 is 11.8 Å². The summed E-state index contributed by atoms with van der Waals surface area (Å²) in [4.78, 5) is 25.9. The fraction of sp³-hybridized carbons (Fsp3) is 0.688. The van der Waals surface area contributed by atoms with E-state index in [1.807, 2.05) is 51.1 Å². The lowest BCUT2D eigenvalue weighted by molar-refractivity contribution is -0.267. The first-order valence-corrected chi connectivity index (χ1v) is 14.5. The number of esters is 1. The van der Waals surface area contributed by atoms with Crippen LogP contribution in [0, 0.1) is 22.7 Å². The molecule has 4 rings (SSSR count). The van der Waals surface area contributed by atoms with Gasteiger partial charge in [0.15, 0.2) is 11.9 Å². The zero-order valence-electron chi connectivity index (χ0n) is 24.6. The van der Waals surface area contributed by atoms with Gasteiger partial charge < -0.3 is 29.9 Å². The second-order valence-electron chi connectivity index (χ2n) is 13.0. The molecule has 1 saturated heterocycles. The first kappa shape index (κ1) is 30.8. The molecular weight excluding hydrogens is 512 g/mol. The quantitative estimate of drug-likeness (QED) is 0.268. The molecule has 0 spiro atoms. The third-order valence-corrected chi connectivity index (χ3v) is 10.4. The molecule has 9 atom stereocenters. The molecule has 1 aromatic carbocycles. The molecule has 0 unspecified atom stereocenters. The van der Waals surface area contributed by atoms with E-state index in [9.17, 15) is 30.0 Å². The van der Waals surface area contributed by atoms with Gasteiger partial charge in [-0.1, -0.05) is 65.0 Å². The monoisotopic (exact) mass is 558 g/mol. The number of hydrogen-bond donors (Lipinski definition) is 4. The molecule has 222 valence electrons. The Morgan fingerprint density at radius 3 is 2.35 bits per heavy atom. The average Bonchev–Trinajstić information content (AvgIpc) is 2.91. The largest absolute Gasteiger partial charge is 0.456 e. The number of aliphatic hydroxyl groups excluding tert-OH is 3. The molecule has 1 heterocycles. The van der Waals surface area contributed by atoms with Gasteiger partial charge in [0.25, 0.3) is 0 Å². The first-order chi connectivity index (χ1) is 18.7. The lowest BCUT2D eigenvalue weighted by Crippen LogP contribution is -2.66. The van der Waals surface area contributed by atoms with Crippen LogP contribution in [-0.2, 0) is 25.5 Å². The summed E-state index contributed by atoms with van der Waals surface area (Å²) in [5, 5.41) is 45.3. The smallest absolute Gasteiger partial charge is 0.335 e. The highest BCUT2D eigenvalue weighted by molar-refractivity contribution is 5.86. The van der Waals surface area contributed by atoms with Gasteiger partial charge in [-0.15, -0.1) is 0 Å². The van der Waals surface area contributed by atoms with Crippen LogP contribution in [0.2, 0.25) is 0 Å². The number of ether oxygens (including phenoxy) is 2. The van der Waals surface area contributed by atoms with Gasteiger partial charge in [0.1, 0.15) is 12.2 Å². The van der Waals surface area contributed by atoms with Crippen molar-refractivity contribution < 1.29 is 39.5 Å². The summed E-state index contributed by atoms with van der Waals surface area (Å²) in [6.07, 6.45) is -3.26. The maximum Gasteiger partial charge on any atom is 0.335 e. The fourth-order valence-electron chi connectivity index (χ4n) is 7.69. The van der Waals surface area contributed by atoms with Crippen molar-refractivity contribution in [1.82, 2.24) is 0 Å². The zero-order chi connectivity index (χ0) is 29.6. The topological polar surface area (TPSA) is 134 Å². The molecule has 2 fully saturated rings. The zero-order valence-corrected chi connectivity index (χ0v) is 24.6. The van der Waals surface area contributed by atoms with E-state index in [4.69, 9.17) is 9.47 Å². The molecule has 40 heavy (non-hydrogen) atoms. The second kappa shape index (κ2) is 11.3. The lowest BCUT2D eigenvalue weighted by Gasteiger charge is -2.62. The lowest BCUT2D eigenvalue weighted by atomic mass is 9.49. The molecule has 1 aliphatic heterocycles. The van der Waals surface area contributed by atoms with Crippen molar-refractivity contribution in [1.29, 1.82) is 0 Å². The molecule has 0 radical (unpaired) electrons. The summed E-state index contributed by atoms with van der Waals surface area (Å²) in [6.45, 7) is 11.6. The number of hydrogen-bond acceptors (Lipinski definition) is 8. The van der Waals surface area contributed by atoms with Gasteiger partial charge in [0, 0.05) is 36.5 Å². The van der Waals surface area contributed by atoms with E-state index in [2.05, 4.69) is 6.92 Å². The molecule has 1 saturated carbocycles. The minimum absolute atomic E-state index is 0.0293. The highest BCUT2D eigenvalue weighted by atomic mass is 16.6. The van der Waals surface area contributed by atoms with Crippen LogP contribution in [-0.4, -0.2) is 74.9 Å². The molecule has 1 aromatic rings. The standard InChI is InChI=1S/C32H46O8/c1-7-23(34)28(36)27-18(2)25(40-29(37)24(35)13-20-11-9-8-10-12-20)16-32(38,30(27,4)5)19(3)22-14-21(33)15-26-31(22,6)17-39-26/h8-12,19,21-22,24-26,28,33,35-36,38H,7,13-17H2,1-6H3/t19-,21+,22+,24+,25-,26+,28-,31-,32+/m0/s1. The maximum atomic E-state index is 13.1. The highest BCUT2D eigenvalue weighted by Gasteiger charge is 2.63. The number of Topliss-reactive ketones (excluding diaryl/α,β-unsaturated/α-hetero) is 1. The van der Waals surface area contributed by atoms with Crippen LogP contribution >= 0.6 is 0 Å². The van der Waals surface area contributed by atoms with E-state index in [0.29, 0.717) is 30.6 Å². The van der Waals surface area contributed by atoms with E-state index < -0.39 is 47.3 Å². The van der Waals surface area contributed by atoms with Gasteiger partial charge in [-0.25, -0.2) is 4.79 Å². The van der Waals surface area contributed by atoms with Crippen molar-refractivity contribution in [3.63, 3.8) is 0 Å². The minimum Gasteiger partial charge on any atom is -0.456 e. The molecule has 0 bridgehead atoms. The summed E-state index contributed by atoms with van der Waals surface area (Å²) >= 11 is 0. The summed E-state index contributed by atoms with van der Waals surface area (Å²) in [5.74, 6) is -1.73. The van der Waals surface area contributed by atoms with Crippen LogP contribution in [0.15, 0.2) is 41.5 Å². The number of rotatable bonds is 9. The van der Waals surface area contributed by atoms with Crippen LogP contribution < -0.4 is 0 Å². The third-order valence-electron chi connectivity index (χ3n) is 10.4. The van der Waals surface area contributed by atoms with E-state index in [0.717, 1.165) is 5.56 Å². The summed E-state index contributed by atoms with van der Waals surface area (Å²) < 4.78 is 11.7. The minimum atomic E-state index is -1.52. The Labute approximate surface area is 237 Å². The van der Waals surface area contributed by atoms with Gasteiger partial charge in [-0.05, 0) is 41.9 Å². The van der Waals surface area contributed by atoms with Crippen molar-refractivity contribution in [3.05, 3.63) is 47.0 Å². The maximum absolute atomic E-state index is 13.1. The van der Waals surface area contributed by atoms with Crippen LogP contribution in [0.25, 0.3) is 0 Å². The Morgan fingerprint density at radius 2 is 1.77 bits per heavy atom. The number of aliphatic hydroxyl groups is 4. The van der Waals surface area contributed by atoms with E-state index >= 15 is 0 Å². The Morgan fingerprint density at radius 1 is 1.12 bits per heavy atom. The molecule has 0 amide bonds. The van der Waals surface area contributed by atoms with Gasteiger partial charge in [0.05, 0.1) is 24.4 Å². The van der Waals surface area contributed by atoms with Gasteiger partial charge in [-0.3, -0.25) is 4.79 Å². The SMILES string of the molecule is CCC(=O)[C@H](O)C1=C(C)[C@@H](OC(=O)[C@H](O)Cc2ccccc2)C[C@@](O)([C@@H](C)[C@H]2C[C@@H](O)C[C@H]3OC[C@@]23C)C1(C)C.